The van der Waals surface area contributed by atoms with Gasteiger partial charge in [-0.1, -0.05) is 13.8 Å². The fourth-order valence-electron chi connectivity index (χ4n) is 1.21. The molecule has 0 spiro atoms. The second-order valence-corrected chi connectivity index (χ2v) is 4.26. The van der Waals surface area contributed by atoms with Gasteiger partial charge in [-0.25, -0.2) is 4.98 Å². The maximum absolute atomic E-state index is 11.5. The van der Waals surface area contributed by atoms with Gasteiger partial charge in [0.1, 0.15) is 0 Å². The molecule has 5 nitrogen and oxygen atoms in total. The van der Waals surface area contributed by atoms with Crippen molar-refractivity contribution in [1.82, 2.24) is 14.9 Å². The van der Waals surface area contributed by atoms with Crippen molar-refractivity contribution in [2.24, 2.45) is 11.7 Å². The summed E-state index contributed by atoms with van der Waals surface area (Å²) in [6, 6.07) is 0.0252. The third-order valence-electron chi connectivity index (χ3n) is 2.55. The van der Waals surface area contributed by atoms with E-state index in [2.05, 4.69) is 10.3 Å². The molecule has 0 aromatic carbocycles. The number of nitrogens with one attached hydrogen (secondary N) is 1. The lowest BCUT2D eigenvalue weighted by molar-refractivity contribution is -0.121. The van der Waals surface area contributed by atoms with Crippen LogP contribution in [0.25, 0.3) is 0 Å². The Kier molecular flexibility index (Phi) is 4.98. The fourth-order valence-corrected chi connectivity index (χ4v) is 1.21. The van der Waals surface area contributed by atoms with Gasteiger partial charge in [-0.2, -0.15) is 0 Å². The fraction of sp³-hybridized carbons (Fsp3) is 0.636. The monoisotopic (exact) mass is 224 g/mol. The lowest BCUT2D eigenvalue weighted by atomic mass is 10.1. The Morgan fingerprint density at radius 2 is 2.31 bits per heavy atom. The molecule has 3 N–H and O–H groups in total. The highest BCUT2D eigenvalue weighted by Crippen LogP contribution is 1.96. The van der Waals surface area contributed by atoms with E-state index in [0.717, 1.165) is 0 Å². The summed E-state index contributed by atoms with van der Waals surface area (Å²) in [6.45, 7) is 5.29. The second-order valence-electron chi connectivity index (χ2n) is 4.26. The van der Waals surface area contributed by atoms with Gasteiger partial charge < -0.3 is 15.6 Å². The molecule has 0 aliphatic carbocycles. The molecule has 1 aromatic heterocycles. The average Bonchev–Trinajstić information content (AvgIpc) is 2.75. The maximum Gasteiger partial charge on any atom is 0.221 e. The van der Waals surface area contributed by atoms with Crippen molar-refractivity contribution < 1.29 is 4.79 Å². The summed E-state index contributed by atoms with van der Waals surface area (Å²) in [6.07, 6.45) is 5.70. The molecule has 1 atom stereocenters. The number of nitrogens with two attached hydrogens (primary N) is 1. The third kappa shape index (κ3) is 4.44. The highest BCUT2D eigenvalue weighted by molar-refractivity contribution is 5.75. The molecule has 1 aromatic rings. The van der Waals surface area contributed by atoms with E-state index in [1.54, 1.807) is 12.5 Å². The Labute approximate surface area is 96.0 Å². The van der Waals surface area contributed by atoms with Crippen LogP contribution in [0.1, 0.15) is 20.3 Å². The predicted octanol–water partition coefficient (Wildman–Crippen LogP) is 0.373. The molecule has 0 aliphatic heterocycles. The van der Waals surface area contributed by atoms with E-state index in [1.165, 1.54) is 0 Å². The zero-order valence-electron chi connectivity index (χ0n) is 9.89. The summed E-state index contributed by atoms with van der Waals surface area (Å²) in [5.41, 5.74) is 5.83. The zero-order chi connectivity index (χ0) is 12.0. The van der Waals surface area contributed by atoms with Crippen LogP contribution < -0.4 is 11.1 Å². The zero-order valence-corrected chi connectivity index (χ0v) is 9.89. The van der Waals surface area contributed by atoms with Crippen molar-refractivity contribution in [2.75, 3.05) is 6.54 Å². The minimum atomic E-state index is 0.0252. The maximum atomic E-state index is 11.5. The molecule has 1 unspecified atom stereocenters. The Bertz CT molecular complexity index is 308. The van der Waals surface area contributed by atoms with Crippen molar-refractivity contribution in [3.8, 4) is 0 Å². The number of rotatable bonds is 6. The van der Waals surface area contributed by atoms with Crippen LogP contribution in [0, 0.1) is 5.92 Å². The minimum Gasteiger partial charge on any atom is -0.354 e. The molecule has 5 heteroatoms. The summed E-state index contributed by atoms with van der Waals surface area (Å²) in [5.74, 6) is 0.416. The molecule has 1 heterocycles. The Morgan fingerprint density at radius 3 is 2.88 bits per heavy atom. The first-order valence-electron chi connectivity index (χ1n) is 5.57. The molecular weight excluding hydrogens is 204 g/mol. The molecule has 0 saturated heterocycles. The number of nitrogens with zero attached hydrogens (tertiary/aromatic N) is 2. The largest absolute Gasteiger partial charge is 0.354 e. The number of imidazole rings is 1. The average molecular weight is 224 g/mol. The van der Waals surface area contributed by atoms with Crippen molar-refractivity contribution in [2.45, 2.75) is 32.9 Å². The molecule has 0 fully saturated rings. The third-order valence-corrected chi connectivity index (χ3v) is 2.55. The van der Waals surface area contributed by atoms with Crippen LogP contribution in [0.15, 0.2) is 18.7 Å². The molecule has 1 rings (SSSR count). The molecule has 0 saturated carbocycles. The predicted molar refractivity (Wildman–Crippen MR) is 62.7 cm³/mol. The van der Waals surface area contributed by atoms with Crippen LogP contribution >= 0.6 is 0 Å². The SMILES string of the molecule is CC(C)C(N)CNC(=O)CCn1ccnc1. The van der Waals surface area contributed by atoms with Gasteiger partial charge in [0.25, 0.3) is 0 Å². The van der Waals surface area contributed by atoms with Gasteiger partial charge in [0.05, 0.1) is 6.33 Å². The normalized spacial score (nSPS) is 12.8. The molecule has 90 valence electrons. The van der Waals surface area contributed by atoms with Crippen LogP contribution in [0.2, 0.25) is 0 Å². The molecule has 0 aliphatic rings. The van der Waals surface area contributed by atoms with Gasteiger partial charge >= 0.3 is 0 Å². The topological polar surface area (TPSA) is 72.9 Å². The standard InChI is InChI=1S/C11H20N4O/c1-9(2)10(12)7-14-11(16)3-5-15-6-4-13-8-15/h4,6,8-10H,3,5,7,12H2,1-2H3,(H,14,16). The highest BCUT2D eigenvalue weighted by Gasteiger charge is 2.09. The van der Waals surface area contributed by atoms with Crippen LogP contribution in [0.5, 0.6) is 0 Å². The number of carbonyl (C=O) groups is 1. The van der Waals surface area contributed by atoms with Crippen LogP contribution in [0.3, 0.4) is 0 Å². The highest BCUT2D eigenvalue weighted by atomic mass is 16.1. The lowest BCUT2D eigenvalue weighted by Crippen LogP contribution is -2.40. The van der Waals surface area contributed by atoms with Crippen molar-refractivity contribution >= 4 is 5.91 Å². The van der Waals surface area contributed by atoms with Crippen LogP contribution in [-0.4, -0.2) is 28.0 Å². The Balaban J connectivity index is 2.16. The Hall–Kier alpha value is -1.36. The molecule has 1 amide bonds. The van der Waals surface area contributed by atoms with Crippen molar-refractivity contribution in [3.63, 3.8) is 0 Å². The second kappa shape index (κ2) is 6.27. The quantitative estimate of drug-likeness (QED) is 0.733. The van der Waals surface area contributed by atoms with E-state index in [9.17, 15) is 4.79 Å². The van der Waals surface area contributed by atoms with Gasteiger partial charge in [0.2, 0.25) is 5.91 Å². The molecule has 0 radical (unpaired) electrons. The van der Waals surface area contributed by atoms with E-state index in [-0.39, 0.29) is 11.9 Å². The first-order chi connectivity index (χ1) is 7.59. The minimum absolute atomic E-state index is 0.0252. The number of hydrogen-bond acceptors (Lipinski definition) is 3. The van der Waals surface area contributed by atoms with E-state index in [0.29, 0.717) is 25.4 Å². The number of amides is 1. The van der Waals surface area contributed by atoms with Gasteiger partial charge in [0, 0.05) is 37.9 Å². The number of aromatic nitrogens is 2. The lowest BCUT2D eigenvalue weighted by Gasteiger charge is -2.16. The Morgan fingerprint density at radius 1 is 1.56 bits per heavy atom. The van der Waals surface area contributed by atoms with Gasteiger partial charge in [-0.15, -0.1) is 0 Å². The molecular formula is C11H20N4O. The molecule has 0 bridgehead atoms. The van der Waals surface area contributed by atoms with Crippen molar-refractivity contribution in [3.05, 3.63) is 18.7 Å². The first-order valence-corrected chi connectivity index (χ1v) is 5.57. The summed E-state index contributed by atoms with van der Waals surface area (Å²) < 4.78 is 1.88. The number of aryl methyl sites for hydroxylation is 1. The summed E-state index contributed by atoms with van der Waals surface area (Å²) in [5, 5.41) is 2.83. The van der Waals surface area contributed by atoms with Gasteiger partial charge in [-0.3, -0.25) is 4.79 Å². The van der Waals surface area contributed by atoms with Crippen molar-refractivity contribution in [1.29, 1.82) is 0 Å². The van der Waals surface area contributed by atoms with Crippen LogP contribution in [0.4, 0.5) is 0 Å². The molecule has 16 heavy (non-hydrogen) atoms. The summed E-state index contributed by atoms with van der Waals surface area (Å²) in [7, 11) is 0. The summed E-state index contributed by atoms with van der Waals surface area (Å²) >= 11 is 0. The number of carbonyl (C=O) groups excluding carboxylic acids is 1. The van der Waals surface area contributed by atoms with E-state index >= 15 is 0 Å². The van der Waals surface area contributed by atoms with E-state index < -0.39 is 0 Å². The van der Waals surface area contributed by atoms with E-state index in [4.69, 9.17) is 5.73 Å². The van der Waals surface area contributed by atoms with Gasteiger partial charge in [-0.05, 0) is 5.92 Å². The number of hydrogen-bond donors (Lipinski definition) is 2. The van der Waals surface area contributed by atoms with E-state index in [1.807, 2.05) is 24.6 Å². The first kappa shape index (κ1) is 12.7. The smallest absolute Gasteiger partial charge is 0.221 e. The van der Waals surface area contributed by atoms with Gasteiger partial charge in [0.15, 0.2) is 0 Å². The summed E-state index contributed by atoms with van der Waals surface area (Å²) in [4.78, 5) is 15.4. The van der Waals surface area contributed by atoms with Crippen LogP contribution in [-0.2, 0) is 11.3 Å².